The van der Waals surface area contributed by atoms with E-state index in [1.54, 1.807) is 12.1 Å². The summed E-state index contributed by atoms with van der Waals surface area (Å²) in [6, 6.07) is 47.0. The Kier molecular flexibility index (Phi) is 17.2. The number of nitrogens with zero attached hydrogens (tertiary/aromatic N) is 2. The molecule has 8 rings (SSSR count). The molecule has 0 fully saturated rings. The van der Waals surface area contributed by atoms with E-state index < -0.39 is 34.6 Å². The molecular weight excluding hydrogens is 911 g/mol. The molecule has 72 heavy (non-hydrogen) atoms. The van der Waals surface area contributed by atoms with Gasteiger partial charge in [0, 0.05) is 11.4 Å². The Morgan fingerprint density at radius 3 is 1.00 bits per heavy atom. The average Bonchev–Trinajstić information content (AvgIpc) is 3.90. The lowest BCUT2D eigenvalue weighted by Gasteiger charge is -2.43. The quantitative estimate of drug-likeness (QED) is 0.0440. The summed E-state index contributed by atoms with van der Waals surface area (Å²) < 4.78 is 89.1. The van der Waals surface area contributed by atoms with E-state index in [1.165, 1.54) is 101 Å². The molecule has 0 amide bonds. The monoisotopic (exact) mass is 981 g/mol. The minimum atomic E-state index is -4.62. The molecule has 2 heterocycles. The Hall–Kier alpha value is -6.02. The van der Waals surface area contributed by atoms with Gasteiger partial charge in [0.05, 0.1) is 22.5 Å². The van der Waals surface area contributed by atoms with Crippen LogP contribution in [0, 0.1) is 0 Å². The van der Waals surface area contributed by atoms with Crippen molar-refractivity contribution in [2.75, 3.05) is 9.80 Å². The van der Waals surface area contributed by atoms with Gasteiger partial charge in [-0.25, -0.2) is 0 Å². The third kappa shape index (κ3) is 11.6. The maximum absolute atomic E-state index is 14.9. The predicted octanol–water partition coefficient (Wildman–Crippen LogP) is 19.1. The van der Waals surface area contributed by atoms with Crippen molar-refractivity contribution in [1.29, 1.82) is 0 Å². The summed E-state index contributed by atoms with van der Waals surface area (Å²) in [6.45, 7) is 4.46. The molecular formula is C64H70F6N2. The largest absolute Gasteiger partial charge is 0.416 e. The van der Waals surface area contributed by atoms with Gasteiger partial charge in [-0.15, -0.1) is 0 Å². The maximum Gasteiger partial charge on any atom is 0.416 e. The van der Waals surface area contributed by atoms with Crippen molar-refractivity contribution < 1.29 is 26.3 Å². The summed E-state index contributed by atoms with van der Waals surface area (Å²) in [6.07, 6.45) is 16.0. The molecule has 8 heteroatoms. The number of anilines is 2. The second-order valence-electron chi connectivity index (χ2n) is 19.9. The third-order valence-electron chi connectivity index (χ3n) is 14.9. The van der Waals surface area contributed by atoms with Crippen molar-refractivity contribution in [2.24, 2.45) is 0 Å². The second kappa shape index (κ2) is 23.7. The standard InChI is InChI=1S/C64H70F6N2/c1-3-5-7-9-11-13-15-19-27-49-37-41-57(42-38-49)71-59-47-62(52-31-23-18-24-32-52,54-34-26-36-56(46-54)64(68,69)70)72(58-43-39-50(40-44-58)28-20-16-14-12-10-8-6-4-2)60(59)48-61(71,51-29-21-17-22-30-51)53-33-25-35-55(45-53)63(65,66)67/h17-18,21-26,29-48H,3-16,19-20,27-28H2,1-2H3. The zero-order valence-corrected chi connectivity index (χ0v) is 42.1. The first-order chi connectivity index (χ1) is 34.9. The molecule has 2 aliphatic heterocycles. The van der Waals surface area contributed by atoms with E-state index in [0.717, 1.165) is 84.3 Å². The number of alkyl halides is 6. The van der Waals surface area contributed by atoms with Crippen LogP contribution in [0.5, 0.6) is 0 Å². The lowest BCUT2D eigenvalue weighted by atomic mass is 9.79. The van der Waals surface area contributed by atoms with Gasteiger partial charge in [0.2, 0.25) is 0 Å². The number of benzene rings is 6. The Morgan fingerprint density at radius 1 is 0.347 bits per heavy atom. The first kappa shape index (κ1) is 52.3. The molecule has 0 bridgehead atoms. The fourth-order valence-electron chi connectivity index (χ4n) is 11.1. The van der Waals surface area contributed by atoms with Crippen LogP contribution in [-0.4, -0.2) is 0 Å². The molecule has 2 aliphatic rings. The predicted molar refractivity (Wildman–Crippen MR) is 284 cm³/mol. The van der Waals surface area contributed by atoms with Crippen LogP contribution in [0.2, 0.25) is 0 Å². The van der Waals surface area contributed by atoms with Crippen molar-refractivity contribution in [1.82, 2.24) is 0 Å². The van der Waals surface area contributed by atoms with E-state index in [0.29, 0.717) is 22.5 Å². The molecule has 0 spiro atoms. The SMILES string of the molecule is CCCCCCCCCCc1ccc(N2C3=CC(c4ccccc4)(c4cccc(C(F)(F)F)c4)N(c4ccc(CCCCCCCCCC)cc4)C3=CC2(c2ccccc2)c2cccc(C(F)(F)F)c2)cc1. The van der Waals surface area contributed by atoms with E-state index in [1.807, 2.05) is 72.8 Å². The van der Waals surface area contributed by atoms with Gasteiger partial charge in [-0.2, -0.15) is 26.3 Å². The van der Waals surface area contributed by atoms with Gasteiger partial charge >= 0.3 is 12.4 Å². The number of hydrogen-bond donors (Lipinski definition) is 0. The van der Waals surface area contributed by atoms with Crippen molar-refractivity contribution >= 4 is 11.4 Å². The van der Waals surface area contributed by atoms with Crippen LogP contribution in [0.4, 0.5) is 37.7 Å². The van der Waals surface area contributed by atoms with Crippen LogP contribution in [-0.2, 0) is 36.3 Å². The van der Waals surface area contributed by atoms with Crippen LogP contribution in [0.1, 0.15) is 161 Å². The number of aryl methyl sites for hydroxylation is 2. The molecule has 0 N–H and O–H groups in total. The number of fused-ring (bicyclic) bond motifs is 1. The number of halogens is 6. The van der Waals surface area contributed by atoms with E-state index in [4.69, 9.17) is 0 Å². The molecule has 0 aliphatic carbocycles. The Balaban J connectivity index is 1.30. The molecule has 6 aromatic rings. The van der Waals surface area contributed by atoms with E-state index in [9.17, 15) is 26.3 Å². The zero-order chi connectivity index (χ0) is 50.6. The van der Waals surface area contributed by atoms with Crippen molar-refractivity contribution in [2.45, 2.75) is 153 Å². The molecule has 2 nitrogen and oxygen atoms in total. The lowest BCUT2D eigenvalue weighted by molar-refractivity contribution is -0.138. The highest BCUT2D eigenvalue weighted by molar-refractivity contribution is 5.82. The summed E-state index contributed by atoms with van der Waals surface area (Å²) in [7, 11) is 0. The smallest absolute Gasteiger partial charge is 0.322 e. The van der Waals surface area contributed by atoms with Crippen LogP contribution in [0.25, 0.3) is 0 Å². The lowest BCUT2D eigenvalue weighted by Crippen LogP contribution is -2.44. The van der Waals surface area contributed by atoms with Gasteiger partial charge in [0.1, 0.15) is 11.1 Å². The number of hydrogen-bond acceptors (Lipinski definition) is 2. The second-order valence-corrected chi connectivity index (χ2v) is 19.9. The highest BCUT2D eigenvalue weighted by Gasteiger charge is 2.57. The van der Waals surface area contributed by atoms with Gasteiger partial charge in [-0.1, -0.05) is 213 Å². The van der Waals surface area contributed by atoms with Crippen LogP contribution in [0.15, 0.2) is 181 Å². The van der Waals surface area contributed by atoms with E-state index in [2.05, 4.69) is 72.2 Å². The van der Waals surface area contributed by atoms with Crippen LogP contribution in [0.3, 0.4) is 0 Å². The Labute approximate surface area is 424 Å². The molecule has 0 saturated carbocycles. The summed E-state index contributed by atoms with van der Waals surface area (Å²) in [5.74, 6) is 0. The van der Waals surface area contributed by atoms with Crippen LogP contribution >= 0.6 is 0 Å². The molecule has 378 valence electrons. The molecule has 0 saturated heterocycles. The summed E-state index contributed by atoms with van der Waals surface area (Å²) in [4.78, 5) is 4.24. The van der Waals surface area contributed by atoms with E-state index >= 15 is 0 Å². The Bertz CT molecular complexity index is 2520. The fourth-order valence-corrected chi connectivity index (χ4v) is 11.1. The molecule has 6 aromatic carbocycles. The van der Waals surface area contributed by atoms with Crippen molar-refractivity contribution in [3.63, 3.8) is 0 Å². The topological polar surface area (TPSA) is 6.48 Å². The molecule has 0 radical (unpaired) electrons. The summed E-state index contributed by atoms with van der Waals surface area (Å²) >= 11 is 0. The number of unbranched alkanes of at least 4 members (excludes halogenated alkanes) is 14. The fraction of sp³-hybridized carbons (Fsp3) is 0.375. The normalized spacial score (nSPS) is 17.8. The van der Waals surface area contributed by atoms with Crippen LogP contribution < -0.4 is 9.80 Å². The summed E-state index contributed by atoms with van der Waals surface area (Å²) in [5.41, 5.74) is 3.19. The van der Waals surface area contributed by atoms with Crippen molar-refractivity contribution in [3.05, 3.63) is 226 Å². The number of rotatable bonds is 24. The maximum atomic E-state index is 14.9. The minimum absolute atomic E-state index is 0.402. The van der Waals surface area contributed by atoms with Gasteiger partial charge in [-0.05, 0) is 120 Å². The minimum Gasteiger partial charge on any atom is -0.322 e. The average molecular weight is 981 g/mol. The van der Waals surface area contributed by atoms with Crippen molar-refractivity contribution in [3.8, 4) is 0 Å². The first-order valence-electron chi connectivity index (χ1n) is 26.6. The van der Waals surface area contributed by atoms with Gasteiger partial charge in [0.25, 0.3) is 0 Å². The van der Waals surface area contributed by atoms with Gasteiger partial charge in [-0.3, -0.25) is 0 Å². The highest BCUT2D eigenvalue weighted by Crippen LogP contribution is 2.59. The molecule has 2 unspecified atom stereocenters. The van der Waals surface area contributed by atoms with Gasteiger partial charge in [0.15, 0.2) is 0 Å². The molecule has 0 aromatic heterocycles. The zero-order valence-electron chi connectivity index (χ0n) is 42.1. The highest BCUT2D eigenvalue weighted by atomic mass is 19.4. The van der Waals surface area contributed by atoms with Gasteiger partial charge < -0.3 is 9.80 Å². The Morgan fingerprint density at radius 2 is 0.667 bits per heavy atom. The summed E-state index contributed by atoms with van der Waals surface area (Å²) in [5, 5.41) is 0. The van der Waals surface area contributed by atoms with E-state index in [-0.39, 0.29) is 0 Å². The first-order valence-corrected chi connectivity index (χ1v) is 26.6. The third-order valence-corrected chi connectivity index (χ3v) is 14.9. The molecule has 2 atom stereocenters.